The lowest BCUT2D eigenvalue weighted by atomic mass is 10.1. The zero-order valence-corrected chi connectivity index (χ0v) is 9.50. The predicted octanol–water partition coefficient (Wildman–Crippen LogP) is 2.87. The lowest BCUT2D eigenvalue weighted by Gasteiger charge is -2.07. The van der Waals surface area contributed by atoms with Crippen molar-refractivity contribution in [2.45, 2.75) is 0 Å². The quantitative estimate of drug-likeness (QED) is 0.635. The number of nitrogens with one attached hydrogen (secondary N) is 1. The van der Waals surface area contributed by atoms with E-state index in [4.69, 9.17) is 22.7 Å². The van der Waals surface area contributed by atoms with Gasteiger partial charge >= 0.3 is 0 Å². The van der Waals surface area contributed by atoms with E-state index in [1.807, 2.05) is 0 Å². The summed E-state index contributed by atoms with van der Waals surface area (Å²) in [5, 5.41) is 8.18. The van der Waals surface area contributed by atoms with E-state index >= 15 is 0 Å². The summed E-state index contributed by atoms with van der Waals surface area (Å²) in [5.41, 5.74) is 6.75. The fraction of sp³-hybridized carbons (Fsp3) is 0. The van der Waals surface area contributed by atoms with E-state index in [2.05, 4.69) is 4.98 Å². The first-order valence-electron chi connectivity index (χ1n) is 4.85. The highest BCUT2D eigenvalue weighted by Crippen LogP contribution is 2.17. The molecule has 0 bridgehead atoms. The van der Waals surface area contributed by atoms with E-state index in [9.17, 15) is 4.39 Å². The molecule has 0 atom stereocenters. The lowest BCUT2D eigenvalue weighted by molar-refractivity contribution is 0.627. The molecule has 0 amide bonds. The third-order valence-electron chi connectivity index (χ3n) is 2.24. The molecule has 3 nitrogen and oxygen atoms in total. The molecule has 0 aliphatic carbocycles. The summed E-state index contributed by atoms with van der Waals surface area (Å²) in [6.45, 7) is 0. The molecule has 1 heterocycles. The van der Waals surface area contributed by atoms with Crippen molar-refractivity contribution < 1.29 is 4.39 Å². The highest BCUT2D eigenvalue weighted by molar-refractivity contribution is 6.29. The van der Waals surface area contributed by atoms with Crippen molar-refractivity contribution in [1.29, 1.82) is 5.41 Å². The van der Waals surface area contributed by atoms with Gasteiger partial charge in [-0.1, -0.05) is 23.7 Å². The van der Waals surface area contributed by atoms with E-state index < -0.39 is 5.82 Å². The van der Waals surface area contributed by atoms with Gasteiger partial charge in [-0.2, -0.15) is 0 Å². The van der Waals surface area contributed by atoms with Gasteiger partial charge in [-0.15, -0.1) is 0 Å². The largest absolute Gasteiger partial charge is 0.397 e. The number of pyridine rings is 1. The number of aromatic nitrogens is 1. The molecule has 2 aromatic rings. The molecule has 0 spiro atoms. The maximum atomic E-state index is 13.0. The van der Waals surface area contributed by atoms with Crippen molar-refractivity contribution in [3.8, 4) is 0 Å². The minimum absolute atomic E-state index is 0.0458. The molecule has 1 aromatic carbocycles. The smallest absolute Gasteiger partial charge is 0.130 e. The van der Waals surface area contributed by atoms with Crippen molar-refractivity contribution in [2.75, 3.05) is 5.73 Å². The number of hydrogen-bond acceptors (Lipinski definition) is 3. The van der Waals surface area contributed by atoms with E-state index in [1.54, 1.807) is 18.2 Å². The number of nitrogens with zero attached hydrogens (tertiary/aromatic N) is 1. The standard InChI is InChI=1S/C12H9ClFN3/c13-10-5-4-9(15)12(17-10)11(16)7-2-1-3-8(14)6-7/h1-6,16H,15H2. The summed E-state index contributed by atoms with van der Waals surface area (Å²) < 4.78 is 13.0. The molecule has 0 unspecified atom stereocenters. The van der Waals surface area contributed by atoms with Crippen LogP contribution in [0.25, 0.3) is 0 Å². The van der Waals surface area contributed by atoms with Crippen LogP contribution in [0.5, 0.6) is 0 Å². The zero-order chi connectivity index (χ0) is 12.4. The molecular formula is C12H9ClFN3. The van der Waals surface area contributed by atoms with Crippen LogP contribution in [0.15, 0.2) is 36.4 Å². The normalized spacial score (nSPS) is 10.2. The van der Waals surface area contributed by atoms with Gasteiger partial charge in [0.2, 0.25) is 0 Å². The van der Waals surface area contributed by atoms with E-state index in [1.165, 1.54) is 18.2 Å². The van der Waals surface area contributed by atoms with Gasteiger partial charge in [0.15, 0.2) is 0 Å². The summed E-state index contributed by atoms with van der Waals surface area (Å²) >= 11 is 5.74. The molecule has 3 N–H and O–H groups in total. The molecule has 17 heavy (non-hydrogen) atoms. The van der Waals surface area contributed by atoms with Crippen LogP contribution in [0.1, 0.15) is 11.3 Å². The average molecular weight is 250 g/mol. The number of benzene rings is 1. The van der Waals surface area contributed by atoms with Crippen LogP contribution in [-0.4, -0.2) is 10.7 Å². The van der Waals surface area contributed by atoms with Crippen LogP contribution in [0, 0.1) is 11.2 Å². The minimum atomic E-state index is -0.409. The van der Waals surface area contributed by atoms with Gasteiger partial charge in [-0.3, -0.25) is 5.41 Å². The zero-order valence-electron chi connectivity index (χ0n) is 8.74. The Morgan fingerprint density at radius 1 is 1.29 bits per heavy atom. The fourth-order valence-electron chi connectivity index (χ4n) is 1.43. The average Bonchev–Trinajstić information content (AvgIpc) is 2.31. The second kappa shape index (κ2) is 4.51. The number of nitrogens with two attached hydrogens (primary N) is 1. The van der Waals surface area contributed by atoms with E-state index in [0.29, 0.717) is 11.3 Å². The summed E-state index contributed by atoms with van der Waals surface area (Å²) in [5.74, 6) is -0.409. The first-order chi connectivity index (χ1) is 8.08. The van der Waals surface area contributed by atoms with E-state index in [0.717, 1.165) is 0 Å². The second-order valence-electron chi connectivity index (χ2n) is 3.46. The Bertz CT molecular complexity index is 584. The number of anilines is 1. The molecule has 2 rings (SSSR count). The van der Waals surface area contributed by atoms with Gasteiger partial charge in [0.1, 0.15) is 16.7 Å². The van der Waals surface area contributed by atoms with E-state index in [-0.39, 0.29) is 16.6 Å². The molecule has 0 radical (unpaired) electrons. The molecule has 1 aromatic heterocycles. The molecule has 0 aliphatic rings. The van der Waals surface area contributed by atoms with Gasteiger partial charge in [-0.05, 0) is 24.3 Å². The number of rotatable bonds is 2. The third-order valence-corrected chi connectivity index (χ3v) is 2.45. The van der Waals surface area contributed by atoms with Gasteiger partial charge < -0.3 is 5.73 Å². The Morgan fingerprint density at radius 3 is 2.76 bits per heavy atom. The van der Waals surface area contributed by atoms with Gasteiger partial charge in [0, 0.05) is 5.56 Å². The van der Waals surface area contributed by atoms with Crippen LogP contribution in [0.2, 0.25) is 5.15 Å². The third kappa shape index (κ3) is 2.42. The topological polar surface area (TPSA) is 62.8 Å². The first kappa shape index (κ1) is 11.5. The number of hydrogen-bond donors (Lipinski definition) is 2. The van der Waals surface area contributed by atoms with Crippen LogP contribution in [0.4, 0.5) is 10.1 Å². The fourth-order valence-corrected chi connectivity index (χ4v) is 1.57. The van der Waals surface area contributed by atoms with Crippen molar-refractivity contribution in [1.82, 2.24) is 4.98 Å². The Balaban J connectivity index is 2.47. The Labute approximate surface area is 103 Å². The van der Waals surface area contributed by atoms with Crippen LogP contribution in [0.3, 0.4) is 0 Å². The van der Waals surface area contributed by atoms with Gasteiger partial charge in [0.05, 0.1) is 11.4 Å². The SMILES string of the molecule is N=C(c1cccc(F)c1)c1nc(Cl)ccc1N. The molecule has 0 saturated heterocycles. The Hall–Kier alpha value is -1.94. The molecule has 0 aliphatic heterocycles. The minimum Gasteiger partial charge on any atom is -0.397 e. The first-order valence-corrected chi connectivity index (χ1v) is 5.22. The lowest BCUT2D eigenvalue weighted by Crippen LogP contribution is -2.08. The van der Waals surface area contributed by atoms with Crippen molar-refractivity contribution in [2.24, 2.45) is 0 Å². The monoisotopic (exact) mass is 249 g/mol. The van der Waals surface area contributed by atoms with Gasteiger partial charge in [0.25, 0.3) is 0 Å². The molecule has 0 saturated carbocycles. The predicted molar refractivity (Wildman–Crippen MR) is 66.0 cm³/mol. The maximum absolute atomic E-state index is 13.0. The van der Waals surface area contributed by atoms with Crippen molar-refractivity contribution >= 4 is 23.0 Å². The second-order valence-corrected chi connectivity index (χ2v) is 3.84. The highest BCUT2D eigenvalue weighted by atomic mass is 35.5. The summed E-state index contributed by atoms with van der Waals surface area (Å²) in [7, 11) is 0. The molecule has 86 valence electrons. The molecule has 5 heteroatoms. The molecule has 0 fully saturated rings. The summed E-state index contributed by atoms with van der Waals surface area (Å²) in [6.07, 6.45) is 0. The van der Waals surface area contributed by atoms with Crippen molar-refractivity contribution in [3.63, 3.8) is 0 Å². The Morgan fingerprint density at radius 2 is 2.06 bits per heavy atom. The van der Waals surface area contributed by atoms with Crippen molar-refractivity contribution in [3.05, 3.63) is 58.6 Å². The summed E-state index contributed by atoms with van der Waals surface area (Å²) in [4.78, 5) is 3.97. The summed E-state index contributed by atoms with van der Waals surface area (Å²) in [6, 6.07) is 8.82. The van der Waals surface area contributed by atoms with Crippen LogP contribution < -0.4 is 5.73 Å². The van der Waals surface area contributed by atoms with Gasteiger partial charge in [-0.25, -0.2) is 9.37 Å². The maximum Gasteiger partial charge on any atom is 0.130 e. The van der Waals surface area contributed by atoms with Crippen LogP contribution >= 0.6 is 11.6 Å². The van der Waals surface area contributed by atoms with Crippen LogP contribution in [-0.2, 0) is 0 Å². The highest BCUT2D eigenvalue weighted by Gasteiger charge is 2.11. The molecular weight excluding hydrogens is 241 g/mol. The number of halogens is 2. The number of nitrogen functional groups attached to an aromatic ring is 1. The Kier molecular flexibility index (Phi) is 3.06.